The number of hydrogen-bond acceptors (Lipinski definition) is 4. The molecule has 1 heterocycles. The van der Waals surface area contributed by atoms with Crippen molar-refractivity contribution >= 4 is 9.84 Å². The first kappa shape index (κ1) is 13.1. The second-order valence-electron chi connectivity index (χ2n) is 4.67. The van der Waals surface area contributed by atoms with Gasteiger partial charge in [-0.25, -0.2) is 8.42 Å². The van der Waals surface area contributed by atoms with Crippen molar-refractivity contribution in [3.8, 4) is 5.75 Å². The highest BCUT2D eigenvalue weighted by Crippen LogP contribution is 2.34. The first-order chi connectivity index (χ1) is 9.59. The molecule has 0 fully saturated rings. The number of aliphatic hydroxyl groups excluding tert-OH is 1. The normalized spacial score (nSPS) is 18.1. The molecule has 3 rings (SSSR count). The lowest BCUT2D eigenvalue weighted by Gasteiger charge is -2.22. The fraction of sp³-hybridized carbons (Fsp3) is 0.200. The third-order valence-electron chi connectivity index (χ3n) is 3.36. The van der Waals surface area contributed by atoms with Crippen LogP contribution in [0.4, 0.5) is 0 Å². The van der Waals surface area contributed by atoms with E-state index in [9.17, 15) is 13.5 Å². The topological polar surface area (TPSA) is 63.6 Å². The van der Waals surface area contributed by atoms with Gasteiger partial charge in [-0.2, -0.15) is 0 Å². The van der Waals surface area contributed by atoms with Gasteiger partial charge in [0.05, 0.1) is 22.5 Å². The van der Waals surface area contributed by atoms with Crippen LogP contribution in [0.2, 0.25) is 0 Å². The zero-order valence-corrected chi connectivity index (χ0v) is 11.5. The Bertz CT molecular complexity index is 723. The molecule has 1 N–H and O–H groups in total. The lowest BCUT2D eigenvalue weighted by atomic mass is 10.0. The average Bonchev–Trinajstić information content (AvgIpc) is 2.48. The summed E-state index contributed by atoms with van der Waals surface area (Å²) in [6.45, 7) is 0.392. The van der Waals surface area contributed by atoms with Crippen molar-refractivity contribution in [3.05, 3.63) is 54.1 Å². The molecular formula is C15H14O4S. The maximum absolute atomic E-state index is 12.5. The van der Waals surface area contributed by atoms with Crippen LogP contribution >= 0.6 is 0 Å². The molecule has 1 aliphatic rings. The van der Waals surface area contributed by atoms with Crippen LogP contribution in [-0.2, 0) is 9.84 Å². The Morgan fingerprint density at radius 2 is 1.80 bits per heavy atom. The summed E-state index contributed by atoms with van der Waals surface area (Å²) in [7, 11) is -3.55. The highest BCUT2D eigenvalue weighted by molar-refractivity contribution is 7.91. The molecule has 2 aromatic rings. The van der Waals surface area contributed by atoms with Gasteiger partial charge in [0.15, 0.2) is 0 Å². The monoisotopic (exact) mass is 290 g/mol. The van der Waals surface area contributed by atoms with E-state index < -0.39 is 15.9 Å². The minimum atomic E-state index is -3.55. The van der Waals surface area contributed by atoms with E-state index in [1.165, 1.54) is 12.1 Å². The van der Waals surface area contributed by atoms with Gasteiger partial charge in [-0.05, 0) is 24.3 Å². The van der Waals surface area contributed by atoms with Crippen LogP contribution in [0.3, 0.4) is 0 Å². The summed E-state index contributed by atoms with van der Waals surface area (Å²) in [4.78, 5) is 0.424. The van der Waals surface area contributed by atoms with Gasteiger partial charge >= 0.3 is 0 Å². The Kier molecular flexibility index (Phi) is 3.23. The van der Waals surface area contributed by atoms with Crippen molar-refractivity contribution in [1.82, 2.24) is 0 Å². The molecule has 0 spiro atoms. The number of sulfone groups is 1. The predicted molar refractivity (Wildman–Crippen MR) is 73.4 cm³/mol. The Balaban J connectivity index is 2.08. The van der Waals surface area contributed by atoms with Crippen molar-refractivity contribution in [2.75, 3.05) is 6.61 Å². The number of ether oxygens (including phenoxy) is 1. The van der Waals surface area contributed by atoms with Crippen LogP contribution in [0.15, 0.2) is 58.3 Å². The summed E-state index contributed by atoms with van der Waals surface area (Å²) in [5, 5.41) is 9.84. The van der Waals surface area contributed by atoms with E-state index in [1.807, 2.05) is 0 Å². The number of benzene rings is 2. The number of hydrogen-bond donors (Lipinski definition) is 1. The third-order valence-corrected chi connectivity index (χ3v) is 5.12. The standard InChI is InChI=1S/C15H14O4S/c16-14-8-9-19-15-10-12(6-7-13(14)15)20(17,18)11-4-2-1-3-5-11/h1-7,10,14,16H,8-9H2/t14-/m1/s1. The summed E-state index contributed by atoms with van der Waals surface area (Å²) >= 11 is 0. The van der Waals surface area contributed by atoms with Crippen LogP contribution in [0.5, 0.6) is 5.75 Å². The molecule has 0 unspecified atom stereocenters. The zero-order valence-electron chi connectivity index (χ0n) is 10.7. The van der Waals surface area contributed by atoms with E-state index in [0.717, 1.165) is 0 Å². The summed E-state index contributed by atoms with van der Waals surface area (Å²) in [6.07, 6.45) is -0.0650. The van der Waals surface area contributed by atoms with E-state index in [2.05, 4.69) is 0 Å². The quantitative estimate of drug-likeness (QED) is 0.922. The Hall–Kier alpha value is -1.85. The van der Waals surface area contributed by atoms with Crippen molar-refractivity contribution < 1.29 is 18.3 Å². The van der Waals surface area contributed by atoms with Gasteiger partial charge in [-0.1, -0.05) is 24.3 Å². The first-order valence-corrected chi connectivity index (χ1v) is 7.82. The van der Waals surface area contributed by atoms with Gasteiger partial charge in [0, 0.05) is 12.0 Å². The van der Waals surface area contributed by atoms with Crippen molar-refractivity contribution in [3.63, 3.8) is 0 Å². The summed E-state index contributed by atoms with van der Waals surface area (Å²) in [5.74, 6) is 0.445. The minimum Gasteiger partial charge on any atom is -0.493 e. The second kappa shape index (κ2) is 4.92. The molecule has 0 aliphatic carbocycles. The highest BCUT2D eigenvalue weighted by atomic mass is 32.2. The lowest BCUT2D eigenvalue weighted by molar-refractivity contribution is 0.115. The maximum atomic E-state index is 12.5. The molecule has 1 atom stereocenters. The second-order valence-corrected chi connectivity index (χ2v) is 6.62. The first-order valence-electron chi connectivity index (χ1n) is 6.34. The van der Waals surface area contributed by atoms with Gasteiger partial charge in [-0.15, -0.1) is 0 Å². The highest BCUT2D eigenvalue weighted by Gasteiger charge is 2.23. The molecule has 0 radical (unpaired) electrons. The van der Waals surface area contributed by atoms with Gasteiger partial charge in [0.25, 0.3) is 0 Å². The van der Waals surface area contributed by atoms with E-state index in [-0.39, 0.29) is 9.79 Å². The summed E-state index contributed by atoms with van der Waals surface area (Å²) in [6, 6.07) is 12.9. The van der Waals surface area contributed by atoms with E-state index in [1.54, 1.807) is 36.4 Å². The number of fused-ring (bicyclic) bond motifs is 1. The fourth-order valence-electron chi connectivity index (χ4n) is 2.25. The molecule has 1 aliphatic heterocycles. The smallest absolute Gasteiger partial charge is 0.206 e. The van der Waals surface area contributed by atoms with Crippen LogP contribution in [-0.4, -0.2) is 20.1 Å². The molecule has 0 saturated carbocycles. The molecular weight excluding hydrogens is 276 g/mol. The molecule has 0 aromatic heterocycles. The van der Waals surface area contributed by atoms with Gasteiger partial charge in [0.1, 0.15) is 5.75 Å². The SMILES string of the molecule is O=S(=O)(c1ccccc1)c1ccc2c(c1)OCC[C@H]2O. The third kappa shape index (κ3) is 2.19. The predicted octanol–water partition coefficient (Wildman–Crippen LogP) is 2.34. The van der Waals surface area contributed by atoms with E-state index in [4.69, 9.17) is 4.74 Å². The molecule has 5 heteroatoms. The molecule has 0 saturated heterocycles. The summed E-state index contributed by atoms with van der Waals surface area (Å²) in [5.41, 5.74) is 0.642. The van der Waals surface area contributed by atoms with Crippen LogP contribution in [0.1, 0.15) is 18.1 Å². The number of rotatable bonds is 2. The Labute approximate surface area is 117 Å². The molecule has 0 bridgehead atoms. The maximum Gasteiger partial charge on any atom is 0.206 e. The minimum absolute atomic E-state index is 0.177. The zero-order chi connectivity index (χ0) is 14.2. The van der Waals surface area contributed by atoms with Crippen molar-refractivity contribution in [2.24, 2.45) is 0 Å². The van der Waals surface area contributed by atoms with Gasteiger partial charge < -0.3 is 9.84 Å². The van der Waals surface area contributed by atoms with Crippen molar-refractivity contribution in [1.29, 1.82) is 0 Å². The van der Waals surface area contributed by atoms with Crippen molar-refractivity contribution in [2.45, 2.75) is 22.3 Å². The Morgan fingerprint density at radius 3 is 2.55 bits per heavy atom. The molecule has 104 valence electrons. The van der Waals surface area contributed by atoms with Crippen LogP contribution in [0, 0.1) is 0 Å². The lowest BCUT2D eigenvalue weighted by Crippen LogP contribution is -2.14. The molecule has 20 heavy (non-hydrogen) atoms. The number of aliphatic hydroxyl groups is 1. The largest absolute Gasteiger partial charge is 0.493 e. The van der Waals surface area contributed by atoms with Gasteiger partial charge in [0.2, 0.25) is 9.84 Å². The van der Waals surface area contributed by atoms with E-state index >= 15 is 0 Å². The Morgan fingerprint density at radius 1 is 1.05 bits per heavy atom. The molecule has 4 nitrogen and oxygen atoms in total. The van der Waals surface area contributed by atoms with Gasteiger partial charge in [-0.3, -0.25) is 0 Å². The summed E-state index contributed by atoms with van der Waals surface area (Å²) < 4.78 is 30.4. The van der Waals surface area contributed by atoms with Crippen LogP contribution < -0.4 is 4.74 Å². The molecule has 0 amide bonds. The fourth-order valence-corrected chi connectivity index (χ4v) is 3.55. The molecule has 2 aromatic carbocycles. The van der Waals surface area contributed by atoms with E-state index in [0.29, 0.717) is 24.3 Å². The average molecular weight is 290 g/mol. The van der Waals surface area contributed by atoms with Crippen LogP contribution in [0.25, 0.3) is 0 Å².